The van der Waals surface area contributed by atoms with Gasteiger partial charge in [0, 0.05) is 25.2 Å². The number of carboxylic acids is 1. The molecule has 2 heterocycles. The summed E-state index contributed by atoms with van der Waals surface area (Å²) in [6.45, 7) is 1.32. The molecule has 0 aromatic heterocycles. The zero-order chi connectivity index (χ0) is 18.8. The molecular weight excluding hydrogens is 379 g/mol. The molecule has 1 unspecified atom stereocenters. The van der Waals surface area contributed by atoms with Gasteiger partial charge in [-0.1, -0.05) is 23.2 Å². The number of benzene rings is 1. The SMILES string of the molecule is O=C(O)[C@H]1CCCN1C(=O)C1CCCN(C(=O)c2ccc(Cl)c(Cl)c2)C1. The van der Waals surface area contributed by atoms with Crippen LogP contribution < -0.4 is 0 Å². The fraction of sp³-hybridized carbons (Fsp3) is 0.500. The Bertz CT molecular complexity index is 740. The predicted molar refractivity (Wildman–Crippen MR) is 97.5 cm³/mol. The molecule has 2 aliphatic heterocycles. The number of rotatable bonds is 3. The maximum Gasteiger partial charge on any atom is 0.326 e. The Hall–Kier alpha value is -1.79. The summed E-state index contributed by atoms with van der Waals surface area (Å²) in [7, 11) is 0. The number of hydrogen-bond acceptors (Lipinski definition) is 3. The van der Waals surface area contributed by atoms with E-state index in [2.05, 4.69) is 0 Å². The van der Waals surface area contributed by atoms with E-state index in [1.165, 1.54) is 11.0 Å². The van der Waals surface area contributed by atoms with E-state index in [0.29, 0.717) is 60.9 Å². The fourth-order valence-electron chi connectivity index (χ4n) is 3.70. The van der Waals surface area contributed by atoms with Gasteiger partial charge >= 0.3 is 5.97 Å². The highest BCUT2D eigenvalue weighted by atomic mass is 35.5. The van der Waals surface area contributed by atoms with Gasteiger partial charge in [0.1, 0.15) is 6.04 Å². The first-order valence-electron chi connectivity index (χ1n) is 8.66. The normalized spacial score (nSPS) is 23.2. The van der Waals surface area contributed by atoms with Crippen molar-refractivity contribution in [2.24, 2.45) is 5.92 Å². The van der Waals surface area contributed by atoms with Crippen LogP contribution in [0.1, 0.15) is 36.0 Å². The number of carboxylic acid groups (broad SMARTS) is 1. The molecule has 1 aromatic rings. The van der Waals surface area contributed by atoms with Crippen molar-refractivity contribution < 1.29 is 19.5 Å². The Balaban J connectivity index is 1.70. The lowest BCUT2D eigenvalue weighted by Crippen LogP contribution is -2.49. The number of carbonyl (C=O) groups excluding carboxylic acids is 2. The Morgan fingerprint density at radius 3 is 2.46 bits per heavy atom. The molecule has 2 atom stereocenters. The first kappa shape index (κ1) is 19.0. The number of amides is 2. The smallest absolute Gasteiger partial charge is 0.326 e. The highest BCUT2D eigenvalue weighted by Crippen LogP contribution is 2.27. The van der Waals surface area contributed by atoms with E-state index in [-0.39, 0.29) is 17.7 Å². The van der Waals surface area contributed by atoms with Crippen LogP contribution in [0.2, 0.25) is 10.0 Å². The molecule has 2 amide bonds. The van der Waals surface area contributed by atoms with E-state index >= 15 is 0 Å². The maximum atomic E-state index is 12.8. The van der Waals surface area contributed by atoms with Gasteiger partial charge in [0.2, 0.25) is 5.91 Å². The van der Waals surface area contributed by atoms with Gasteiger partial charge < -0.3 is 14.9 Å². The molecule has 0 aliphatic carbocycles. The highest BCUT2D eigenvalue weighted by Gasteiger charge is 2.39. The third-order valence-corrected chi connectivity index (χ3v) is 5.78. The second-order valence-corrected chi connectivity index (χ2v) is 7.56. The van der Waals surface area contributed by atoms with Crippen LogP contribution >= 0.6 is 23.2 Å². The van der Waals surface area contributed by atoms with Crippen LogP contribution in [0.4, 0.5) is 0 Å². The minimum absolute atomic E-state index is 0.165. The lowest BCUT2D eigenvalue weighted by Gasteiger charge is -2.35. The summed E-state index contributed by atoms with van der Waals surface area (Å²) in [4.78, 5) is 40.0. The quantitative estimate of drug-likeness (QED) is 0.848. The monoisotopic (exact) mass is 398 g/mol. The average molecular weight is 399 g/mol. The largest absolute Gasteiger partial charge is 0.480 e. The third-order valence-electron chi connectivity index (χ3n) is 5.05. The predicted octanol–water partition coefficient (Wildman–Crippen LogP) is 2.92. The van der Waals surface area contributed by atoms with Gasteiger partial charge in [0.05, 0.1) is 16.0 Å². The summed E-state index contributed by atoms with van der Waals surface area (Å²) in [6.07, 6.45) is 2.54. The number of carbonyl (C=O) groups is 3. The second kappa shape index (κ2) is 7.84. The summed E-state index contributed by atoms with van der Waals surface area (Å²) >= 11 is 11.9. The summed E-state index contributed by atoms with van der Waals surface area (Å²) in [6, 6.07) is 3.97. The molecule has 0 bridgehead atoms. The number of likely N-dealkylation sites (tertiary alicyclic amines) is 2. The summed E-state index contributed by atoms with van der Waals surface area (Å²) in [5.41, 5.74) is 0.428. The molecule has 0 spiro atoms. The third kappa shape index (κ3) is 3.81. The molecule has 26 heavy (non-hydrogen) atoms. The van der Waals surface area contributed by atoms with Crippen molar-refractivity contribution in [3.05, 3.63) is 33.8 Å². The lowest BCUT2D eigenvalue weighted by molar-refractivity contribution is -0.150. The summed E-state index contributed by atoms with van der Waals surface area (Å²) < 4.78 is 0. The molecule has 140 valence electrons. The van der Waals surface area contributed by atoms with Crippen LogP contribution in [-0.2, 0) is 9.59 Å². The Kier molecular flexibility index (Phi) is 5.73. The number of nitrogens with zero attached hydrogens (tertiary/aromatic N) is 2. The van der Waals surface area contributed by atoms with Gasteiger partial charge in [0.25, 0.3) is 5.91 Å². The summed E-state index contributed by atoms with van der Waals surface area (Å²) in [5.74, 6) is -1.69. The van der Waals surface area contributed by atoms with Crippen molar-refractivity contribution >= 4 is 41.0 Å². The van der Waals surface area contributed by atoms with Crippen molar-refractivity contribution in [1.82, 2.24) is 9.80 Å². The molecule has 8 heteroatoms. The zero-order valence-corrected chi connectivity index (χ0v) is 15.7. The first-order valence-corrected chi connectivity index (χ1v) is 9.41. The van der Waals surface area contributed by atoms with Gasteiger partial charge in [-0.25, -0.2) is 4.79 Å². The van der Waals surface area contributed by atoms with Gasteiger partial charge in [0.15, 0.2) is 0 Å². The number of hydrogen-bond donors (Lipinski definition) is 1. The Morgan fingerprint density at radius 2 is 1.77 bits per heavy atom. The van der Waals surface area contributed by atoms with E-state index in [4.69, 9.17) is 23.2 Å². The molecule has 2 aliphatic rings. The van der Waals surface area contributed by atoms with Crippen LogP contribution in [0.15, 0.2) is 18.2 Å². The standard InChI is InChI=1S/C18H20Cl2N2O4/c19-13-6-5-11(9-14(13)20)16(23)21-7-1-3-12(10-21)17(24)22-8-2-4-15(22)18(25)26/h5-6,9,12,15H,1-4,7-8,10H2,(H,25,26)/t12?,15-/m1/s1. The molecule has 2 fully saturated rings. The molecule has 0 radical (unpaired) electrons. The molecule has 3 rings (SSSR count). The van der Waals surface area contributed by atoms with Crippen LogP contribution in [-0.4, -0.2) is 58.4 Å². The van der Waals surface area contributed by atoms with Crippen molar-refractivity contribution in [3.8, 4) is 0 Å². The van der Waals surface area contributed by atoms with E-state index in [0.717, 1.165) is 0 Å². The van der Waals surface area contributed by atoms with Gasteiger partial charge in [-0.2, -0.15) is 0 Å². The Morgan fingerprint density at radius 1 is 1.04 bits per heavy atom. The van der Waals surface area contributed by atoms with E-state index < -0.39 is 12.0 Å². The van der Waals surface area contributed by atoms with Crippen molar-refractivity contribution in [3.63, 3.8) is 0 Å². The van der Waals surface area contributed by atoms with E-state index in [9.17, 15) is 19.5 Å². The van der Waals surface area contributed by atoms with Crippen molar-refractivity contribution in [1.29, 1.82) is 0 Å². The van der Waals surface area contributed by atoms with Crippen molar-refractivity contribution in [2.45, 2.75) is 31.7 Å². The van der Waals surface area contributed by atoms with Gasteiger partial charge in [-0.3, -0.25) is 9.59 Å². The topological polar surface area (TPSA) is 77.9 Å². The molecule has 2 saturated heterocycles. The minimum Gasteiger partial charge on any atom is -0.480 e. The lowest BCUT2D eigenvalue weighted by atomic mass is 9.95. The number of aliphatic carboxylic acids is 1. The summed E-state index contributed by atoms with van der Waals surface area (Å²) in [5, 5.41) is 9.97. The van der Waals surface area contributed by atoms with E-state index in [1.807, 2.05) is 0 Å². The first-order chi connectivity index (χ1) is 12.4. The molecule has 6 nitrogen and oxygen atoms in total. The average Bonchev–Trinajstić information content (AvgIpc) is 3.13. The Labute approximate surface area is 161 Å². The van der Waals surface area contributed by atoms with Crippen LogP contribution in [0, 0.1) is 5.92 Å². The fourth-order valence-corrected chi connectivity index (χ4v) is 3.99. The molecular formula is C18H20Cl2N2O4. The van der Waals surface area contributed by atoms with Crippen LogP contribution in [0.3, 0.4) is 0 Å². The highest BCUT2D eigenvalue weighted by molar-refractivity contribution is 6.42. The minimum atomic E-state index is -0.963. The maximum absolute atomic E-state index is 12.8. The molecule has 0 saturated carbocycles. The number of halogens is 2. The molecule has 1 aromatic carbocycles. The van der Waals surface area contributed by atoms with Gasteiger partial charge in [-0.05, 0) is 43.9 Å². The number of piperidine rings is 1. The van der Waals surface area contributed by atoms with Gasteiger partial charge in [-0.15, -0.1) is 0 Å². The molecule has 1 N–H and O–H groups in total. The van der Waals surface area contributed by atoms with Crippen LogP contribution in [0.5, 0.6) is 0 Å². The van der Waals surface area contributed by atoms with E-state index in [1.54, 1.807) is 17.0 Å². The van der Waals surface area contributed by atoms with Crippen LogP contribution in [0.25, 0.3) is 0 Å². The second-order valence-electron chi connectivity index (χ2n) is 6.75. The van der Waals surface area contributed by atoms with Crippen molar-refractivity contribution in [2.75, 3.05) is 19.6 Å². The zero-order valence-electron chi connectivity index (χ0n) is 14.2.